The Morgan fingerprint density at radius 3 is 2.67 bits per heavy atom. The van der Waals surface area contributed by atoms with Gasteiger partial charge in [0.1, 0.15) is 0 Å². The fourth-order valence-corrected chi connectivity index (χ4v) is 2.31. The fraction of sp³-hybridized carbons (Fsp3) is 0.900. The second kappa shape index (κ2) is 7.09. The summed E-state index contributed by atoms with van der Waals surface area (Å²) in [5.74, 6) is 1.87. The van der Waals surface area contributed by atoms with Gasteiger partial charge in [-0.25, -0.2) is 0 Å². The molecule has 5 heteroatoms. The molecule has 1 fully saturated rings. The van der Waals surface area contributed by atoms with E-state index in [0.717, 1.165) is 25.4 Å². The first-order valence-corrected chi connectivity index (χ1v) is 6.43. The van der Waals surface area contributed by atoms with Crippen molar-refractivity contribution in [1.29, 1.82) is 0 Å². The minimum absolute atomic E-state index is 0.252. The molecule has 0 atom stereocenters. The molecule has 0 aromatic heterocycles. The summed E-state index contributed by atoms with van der Waals surface area (Å²) >= 11 is 1.71. The lowest BCUT2D eigenvalue weighted by Gasteiger charge is -2.26. The highest BCUT2D eigenvalue weighted by Crippen LogP contribution is 2.05. The molecule has 0 saturated carbocycles. The topological polar surface area (TPSA) is 32.8 Å². The van der Waals surface area contributed by atoms with Gasteiger partial charge in [-0.3, -0.25) is 4.79 Å². The molecule has 15 heavy (non-hydrogen) atoms. The minimum Gasteiger partial charge on any atom is -0.378 e. The van der Waals surface area contributed by atoms with Gasteiger partial charge >= 0.3 is 0 Å². The first-order valence-electron chi connectivity index (χ1n) is 5.28. The van der Waals surface area contributed by atoms with Crippen LogP contribution < -0.4 is 0 Å². The Morgan fingerprint density at radius 1 is 1.40 bits per heavy atom. The second-order valence-electron chi connectivity index (χ2n) is 3.85. The molecule has 1 aliphatic heterocycles. The summed E-state index contributed by atoms with van der Waals surface area (Å²) in [4.78, 5) is 15.7. The average molecular weight is 232 g/mol. The van der Waals surface area contributed by atoms with Crippen LogP contribution in [0.4, 0.5) is 0 Å². The summed E-state index contributed by atoms with van der Waals surface area (Å²) in [6.45, 7) is 3.92. The Hall–Kier alpha value is -0.260. The fourth-order valence-electron chi connectivity index (χ4n) is 1.31. The van der Waals surface area contributed by atoms with E-state index in [1.807, 2.05) is 19.0 Å². The Bertz CT molecular complexity index is 194. The van der Waals surface area contributed by atoms with Gasteiger partial charge in [0.2, 0.25) is 5.91 Å². The van der Waals surface area contributed by atoms with Gasteiger partial charge < -0.3 is 14.5 Å². The van der Waals surface area contributed by atoms with E-state index in [-0.39, 0.29) is 5.91 Å². The first-order chi connectivity index (χ1) is 7.20. The molecule has 0 radical (unpaired) electrons. The van der Waals surface area contributed by atoms with E-state index in [9.17, 15) is 4.79 Å². The molecular weight excluding hydrogens is 212 g/mol. The van der Waals surface area contributed by atoms with Gasteiger partial charge in [-0.2, -0.15) is 11.8 Å². The molecule has 0 spiro atoms. The van der Waals surface area contributed by atoms with Crippen molar-refractivity contribution in [3.05, 3.63) is 0 Å². The highest BCUT2D eigenvalue weighted by Gasteiger charge is 2.15. The van der Waals surface area contributed by atoms with Crippen LogP contribution in [0.1, 0.15) is 0 Å². The van der Waals surface area contributed by atoms with E-state index in [2.05, 4.69) is 4.90 Å². The molecule has 88 valence electrons. The number of thioether (sulfide) groups is 1. The maximum atomic E-state index is 11.7. The van der Waals surface area contributed by atoms with Crippen LogP contribution in [0.3, 0.4) is 0 Å². The summed E-state index contributed by atoms with van der Waals surface area (Å²) < 4.78 is 5.20. The van der Waals surface area contributed by atoms with E-state index in [1.54, 1.807) is 11.8 Å². The Morgan fingerprint density at radius 2 is 2.07 bits per heavy atom. The Balaban J connectivity index is 2.07. The molecule has 0 aliphatic carbocycles. The third-order valence-electron chi connectivity index (χ3n) is 2.27. The maximum Gasteiger partial charge on any atom is 0.232 e. The smallest absolute Gasteiger partial charge is 0.232 e. The summed E-state index contributed by atoms with van der Waals surface area (Å²) in [5, 5.41) is 0. The molecule has 0 aromatic carbocycles. The van der Waals surface area contributed by atoms with Gasteiger partial charge in [0.05, 0.1) is 19.0 Å². The molecular formula is C10H20N2O2S. The van der Waals surface area contributed by atoms with Gasteiger partial charge in [-0.1, -0.05) is 0 Å². The Kier molecular flexibility index (Phi) is 6.05. The van der Waals surface area contributed by atoms with Crippen molar-refractivity contribution >= 4 is 17.7 Å². The van der Waals surface area contributed by atoms with Crippen molar-refractivity contribution in [3.8, 4) is 0 Å². The van der Waals surface area contributed by atoms with Crippen LogP contribution in [-0.4, -0.2) is 74.2 Å². The van der Waals surface area contributed by atoms with Gasteiger partial charge in [-0.15, -0.1) is 0 Å². The number of amides is 1. The Labute approximate surface area is 95.9 Å². The number of hydrogen-bond acceptors (Lipinski definition) is 4. The lowest BCUT2D eigenvalue weighted by molar-refractivity contribution is -0.132. The summed E-state index contributed by atoms with van der Waals surface area (Å²) in [7, 11) is 4.09. The molecule has 1 amide bonds. The summed E-state index contributed by atoms with van der Waals surface area (Å²) in [6, 6.07) is 0. The van der Waals surface area contributed by atoms with Crippen molar-refractivity contribution < 1.29 is 9.53 Å². The van der Waals surface area contributed by atoms with E-state index >= 15 is 0 Å². The minimum atomic E-state index is 0.252. The van der Waals surface area contributed by atoms with E-state index in [0.29, 0.717) is 19.0 Å². The van der Waals surface area contributed by atoms with Gasteiger partial charge in [0.15, 0.2) is 0 Å². The molecule has 4 nitrogen and oxygen atoms in total. The molecule has 1 heterocycles. The predicted octanol–water partition coefficient (Wildman–Crippen LogP) is 0.140. The number of ether oxygens (including phenoxy) is 1. The van der Waals surface area contributed by atoms with Crippen LogP contribution in [0, 0.1) is 0 Å². The quantitative estimate of drug-likeness (QED) is 0.631. The zero-order chi connectivity index (χ0) is 11.1. The van der Waals surface area contributed by atoms with Crippen molar-refractivity contribution in [2.75, 3.05) is 58.4 Å². The molecule has 0 aromatic rings. The first kappa shape index (κ1) is 12.8. The monoisotopic (exact) mass is 232 g/mol. The molecule has 1 rings (SSSR count). The van der Waals surface area contributed by atoms with E-state index < -0.39 is 0 Å². The van der Waals surface area contributed by atoms with E-state index in [1.165, 1.54) is 0 Å². The number of carbonyl (C=O) groups is 1. The van der Waals surface area contributed by atoms with Gasteiger partial charge in [-0.05, 0) is 14.1 Å². The SMILES string of the molecule is CN(C)CCSCC(=O)N1CCOCC1. The lowest BCUT2D eigenvalue weighted by atomic mass is 10.4. The maximum absolute atomic E-state index is 11.7. The highest BCUT2D eigenvalue weighted by atomic mass is 32.2. The molecule has 0 bridgehead atoms. The number of rotatable bonds is 5. The van der Waals surface area contributed by atoms with Gasteiger partial charge in [0, 0.05) is 25.4 Å². The van der Waals surface area contributed by atoms with E-state index in [4.69, 9.17) is 4.74 Å². The third-order valence-corrected chi connectivity index (χ3v) is 3.19. The standard InChI is InChI=1S/C10H20N2O2S/c1-11(2)5-8-15-9-10(13)12-3-6-14-7-4-12/h3-9H2,1-2H3. The number of carbonyl (C=O) groups excluding carboxylic acids is 1. The zero-order valence-electron chi connectivity index (χ0n) is 9.57. The normalized spacial score (nSPS) is 17.1. The van der Waals surface area contributed by atoms with Crippen molar-refractivity contribution in [2.45, 2.75) is 0 Å². The van der Waals surface area contributed by atoms with Crippen LogP contribution in [0.5, 0.6) is 0 Å². The van der Waals surface area contributed by atoms with Crippen molar-refractivity contribution in [1.82, 2.24) is 9.80 Å². The zero-order valence-corrected chi connectivity index (χ0v) is 10.4. The van der Waals surface area contributed by atoms with Crippen LogP contribution in [0.15, 0.2) is 0 Å². The van der Waals surface area contributed by atoms with Gasteiger partial charge in [0.25, 0.3) is 0 Å². The summed E-state index contributed by atoms with van der Waals surface area (Å²) in [6.07, 6.45) is 0. The van der Waals surface area contributed by atoms with Crippen molar-refractivity contribution in [3.63, 3.8) is 0 Å². The average Bonchev–Trinajstić information content (AvgIpc) is 2.25. The van der Waals surface area contributed by atoms with Crippen LogP contribution in [0.25, 0.3) is 0 Å². The molecule has 0 unspecified atom stereocenters. The molecule has 1 saturated heterocycles. The highest BCUT2D eigenvalue weighted by molar-refractivity contribution is 7.99. The number of morpholine rings is 1. The number of nitrogens with zero attached hydrogens (tertiary/aromatic N) is 2. The summed E-state index contributed by atoms with van der Waals surface area (Å²) in [5.41, 5.74) is 0. The van der Waals surface area contributed by atoms with Crippen molar-refractivity contribution in [2.24, 2.45) is 0 Å². The third kappa shape index (κ3) is 5.39. The lowest BCUT2D eigenvalue weighted by Crippen LogP contribution is -2.41. The van der Waals surface area contributed by atoms with Crippen LogP contribution >= 0.6 is 11.8 Å². The number of hydrogen-bond donors (Lipinski definition) is 0. The van der Waals surface area contributed by atoms with Crippen LogP contribution in [0.2, 0.25) is 0 Å². The molecule has 0 N–H and O–H groups in total. The largest absolute Gasteiger partial charge is 0.378 e. The predicted molar refractivity (Wildman–Crippen MR) is 63.3 cm³/mol. The molecule has 1 aliphatic rings. The van der Waals surface area contributed by atoms with Crippen LogP contribution in [-0.2, 0) is 9.53 Å². The second-order valence-corrected chi connectivity index (χ2v) is 4.95.